The summed E-state index contributed by atoms with van der Waals surface area (Å²) in [5.74, 6) is 2.05. The third kappa shape index (κ3) is 4.09. The molecule has 18 heavy (non-hydrogen) atoms. The van der Waals surface area contributed by atoms with Crippen molar-refractivity contribution in [1.29, 1.82) is 0 Å². The molecule has 1 aliphatic rings. The molecule has 0 atom stereocenters. The van der Waals surface area contributed by atoms with Crippen molar-refractivity contribution < 1.29 is 0 Å². The fraction of sp³-hybridized carbons (Fsp3) is 0.714. The standard InChI is InChI=1S/C14H23N3S/c1-2-7-12-16-13(10-14(18)17-12)15-11-8-5-3-4-6-9-11/h10-11H,2-9H2,1H3,(H2,15,16,17,18). The van der Waals surface area contributed by atoms with Crippen molar-refractivity contribution in [2.24, 2.45) is 0 Å². The molecule has 1 fully saturated rings. The van der Waals surface area contributed by atoms with E-state index in [2.05, 4.69) is 22.2 Å². The fourth-order valence-electron chi connectivity index (χ4n) is 2.58. The van der Waals surface area contributed by atoms with Gasteiger partial charge in [0, 0.05) is 18.5 Å². The van der Waals surface area contributed by atoms with Crippen LogP contribution in [0.15, 0.2) is 6.07 Å². The van der Waals surface area contributed by atoms with Gasteiger partial charge in [0.25, 0.3) is 0 Å². The lowest BCUT2D eigenvalue weighted by Gasteiger charge is -2.17. The molecule has 1 aromatic rings. The van der Waals surface area contributed by atoms with Crippen molar-refractivity contribution >= 4 is 18.0 Å². The smallest absolute Gasteiger partial charge is 0.131 e. The fourth-order valence-corrected chi connectivity index (χ4v) is 2.81. The highest BCUT2D eigenvalue weighted by Gasteiger charge is 2.12. The van der Waals surface area contributed by atoms with E-state index in [1.807, 2.05) is 6.07 Å². The van der Waals surface area contributed by atoms with Crippen LogP contribution >= 0.6 is 12.2 Å². The lowest BCUT2D eigenvalue weighted by Crippen LogP contribution is -2.19. The largest absolute Gasteiger partial charge is 0.369 e. The first-order valence-corrected chi connectivity index (χ1v) is 7.55. The highest BCUT2D eigenvalue weighted by molar-refractivity contribution is 7.71. The minimum atomic E-state index is 0.593. The molecular formula is C14H23N3S. The maximum atomic E-state index is 5.22. The molecule has 4 heteroatoms. The van der Waals surface area contributed by atoms with E-state index in [-0.39, 0.29) is 0 Å². The van der Waals surface area contributed by atoms with E-state index in [4.69, 9.17) is 12.2 Å². The Bertz CT molecular complexity index is 419. The third-order valence-corrected chi connectivity index (χ3v) is 3.70. The summed E-state index contributed by atoms with van der Waals surface area (Å²) in [5.41, 5.74) is 0. The van der Waals surface area contributed by atoms with E-state index in [1.54, 1.807) is 0 Å². The number of aromatic amines is 1. The number of nitrogens with one attached hydrogen (secondary N) is 2. The molecule has 0 radical (unpaired) electrons. The zero-order valence-corrected chi connectivity index (χ0v) is 12.0. The van der Waals surface area contributed by atoms with Crippen molar-refractivity contribution in [3.63, 3.8) is 0 Å². The molecule has 1 saturated carbocycles. The highest BCUT2D eigenvalue weighted by Crippen LogP contribution is 2.20. The van der Waals surface area contributed by atoms with Gasteiger partial charge >= 0.3 is 0 Å². The minimum Gasteiger partial charge on any atom is -0.369 e. The molecule has 1 aromatic heterocycles. The van der Waals surface area contributed by atoms with Gasteiger partial charge in [0.1, 0.15) is 16.3 Å². The van der Waals surface area contributed by atoms with Gasteiger partial charge in [-0.1, -0.05) is 44.8 Å². The molecule has 1 heterocycles. The maximum Gasteiger partial charge on any atom is 0.131 e. The van der Waals surface area contributed by atoms with Crippen LogP contribution in [0.2, 0.25) is 0 Å². The first-order valence-electron chi connectivity index (χ1n) is 7.14. The Morgan fingerprint density at radius 2 is 2.06 bits per heavy atom. The molecule has 1 aliphatic carbocycles. The molecule has 100 valence electrons. The van der Waals surface area contributed by atoms with Gasteiger partial charge in [-0.05, 0) is 19.3 Å². The first-order chi connectivity index (χ1) is 8.78. The average Bonchev–Trinajstić information content (AvgIpc) is 2.57. The van der Waals surface area contributed by atoms with Crippen LogP contribution in [-0.2, 0) is 6.42 Å². The number of hydrogen-bond donors (Lipinski definition) is 2. The van der Waals surface area contributed by atoms with Gasteiger partial charge < -0.3 is 10.3 Å². The zero-order chi connectivity index (χ0) is 12.8. The van der Waals surface area contributed by atoms with Crippen molar-refractivity contribution in [3.05, 3.63) is 16.5 Å². The minimum absolute atomic E-state index is 0.593. The first kappa shape index (κ1) is 13.5. The van der Waals surface area contributed by atoms with E-state index in [1.165, 1.54) is 38.5 Å². The third-order valence-electron chi connectivity index (χ3n) is 3.49. The average molecular weight is 265 g/mol. The topological polar surface area (TPSA) is 40.7 Å². The summed E-state index contributed by atoms with van der Waals surface area (Å²) in [6.45, 7) is 2.16. The van der Waals surface area contributed by atoms with E-state index >= 15 is 0 Å². The molecule has 2 rings (SSSR count). The Balaban J connectivity index is 2.05. The summed E-state index contributed by atoms with van der Waals surface area (Å²) in [6.07, 6.45) is 10.0. The molecule has 0 saturated heterocycles. The molecule has 0 amide bonds. The Hall–Kier alpha value is -0.900. The van der Waals surface area contributed by atoms with Crippen molar-refractivity contribution in [1.82, 2.24) is 9.97 Å². The summed E-state index contributed by atoms with van der Waals surface area (Å²) in [5, 5.41) is 3.60. The lowest BCUT2D eigenvalue weighted by atomic mass is 10.1. The van der Waals surface area contributed by atoms with E-state index in [0.29, 0.717) is 10.7 Å². The van der Waals surface area contributed by atoms with Gasteiger partial charge in [-0.3, -0.25) is 0 Å². The second kappa shape index (κ2) is 6.88. The molecule has 0 unspecified atom stereocenters. The predicted molar refractivity (Wildman–Crippen MR) is 78.5 cm³/mol. The number of rotatable bonds is 4. The number of hydrogen-bond acceptors (Lipinski definition) is 3. The Morgan fingerprint density at radius 3 is 2.72 bits per heavy atom. The normalized spacial score (nSPS) is 17.4. The van der Waals surface area contributed by atoms with Gasteiger partial charge in [-0.2, -0.15) is 0 Å². The molecule has 0 spiro atoms. The lowest BCUT2D eigenvalue weighted by molar-refractivity contribution is 0.616. The van der Waals surface area contributed by atoms with Crippen LogP contribution in [0.4, 0.5) is 5.82 Å². The van der Waals surface area contributed by atoms with Crippen molar-refractivity contribution in [2.75, 3.05) is 5.32 Å². The van der Waals surface area contributed by atoms with Gasteiger partial charge in [0.15, 0.2) is 0 Å². The number of nitrogens with zero attached hydrogens (tertiary/aromatic N) is 1. The van der Waals surface area contributed by atoms with Crippen LogP contribution in [0, 0.1) is 4.64 Å². The molecule has 0 aromatic carbocycles. The van der Waals surface area contributed by atoms with E-state index in [9.17, 15) is 0 Å². The summed E-state index contributed by atoms with van der Waals surface area (Å²) in [7, 11) is 0. The Labute approximate surface area is 114 Å². The van der Waals surface area contributed by atoms with Crippen LogP contribution in [0.1, 0.15) is 57.7 Å². The van der Waals surface area contributed by atoms with Crippen LogP contribution in [0.5, 0.6) is 0 Å². The number of aromatic nitrogens is 2. The molecular weight excluding hydrogens is 242 g/mol. The summed E-state index contributed by atoms with van der Waals surface area (Å²) < 4.78 is 0.688. The molecule has 0 bridgehead atoms. The number of anilines is 1. The predicted octanol–water partition coefficient (Wildman–Crippen LogP) is 4.23. The highest BCUT2D eigenvalue weighted by atomic mass is 32.1. The zero-order valence-electron chi connectivity index (χ0n) is 11.2. The van der Waals surface area contributed by atoms with Crippen molar-refractivity contribution in [2.45, 2.75) is 64.3 Å². The van der Waals surface area contributed by atoms with Crippen LogP contribution < -0.4 is 5.32 Å². The number of aryl methyl sites for hydroxylation is 1. The Morgan fingerprint density at radius 1 is 1.33 bits per heavy atom. The summed E-state index contributed by atoms with van der Waals surface area (Å²) in [6, 6.07) is 2.54. The van der Waals surface area contributed by atoms with E-state index < -0.39 is 0 Å². The molecule has 2 N–H and O–H groups in total. The maximum absolute atomic E-state index is 5.22. The monoisotopic (exact) mass is 265 g/mol. The second-order valence-electron chi connectivity index (χ2n) is 5.16. The van der Waals surface area contributed by atoms with Gasteiger partial charge in [0.2, 0.25) is 0 Å². The molecule has 0 aliphatic heterocycles. The van der Waals surface area contributed by atoms with Crippen LogP contribution in [0.3, 0.4) is 0 Å². The van der Waals surface area contributed by atoms with Crippen LogP contribution in [-0.4, -0.2) is 16.0 Å². The van der Waals surface area contributed by atoms with Gasteiger partial charge in [0.05, 0.1) is 0 Å². The summed E-state index contributed by atoms with van der Waals surface area (Å²) in [4.78, 5) is 7.72. The van der Waals surface area contributed by atoms with E-state index in [0.717, 1.165) is 24.5 Å². The molecule has 3 nitrogen and oxygen atoms in total. The van der Waals surface area contributed by atoms with Crippen molar-refractivity contribution in [3.8, 4) is 0 Å². The van der Waals surface area contributed by atoms with Gasteiger partial charge in [-0.15, -0.1) is 0 Å². The summed E-state index contributed by atoms with van der Waals surface area (Å²) >= 11 is 5.22. The van der Waals surface area contributed by atoms with Crippen LogP contribution in [0.25, 0.3) is 0 Å². The van der Waals surface area contributed by atoms with Gasteiger partial charge in [-0.25, -0.2) is 4.98 Å². The SMILES string of the molecule is CCCc1nc(=S)cc(NC2CCCCCC2)[nH]1. The number of H-pyrrole nitrogens is 1. The Kier molecular flexibility index (Phi) is 5.17. The second-order valence-corrected chi connectivity index (χ2v) is 5.58. The quantitative estimate of drug-likeness (QED) is 0.632.